The second-order valence-electron chi connectivity index (χ2n) is 3.52. The highest BCUT2D eigenvalue weighted by Crippen LogP contribution is 2.26. The van der Waals surface area contributed by atoms with E-state index in [0.29, 0.717) is 11.7 Å². The second kappa shape index (κ2) is 4.78. The first kappa shape index (κ1) is 11.3. The van der Waals surface area contributed by atoms with Crippen molar-refractivity contribution in [2.75, 3.05) is 19.5 Å². The van der Waals surface area contributed by atoms with Crippen molar-refractivity contribution in [3.63, 3.8) is 0 Å². The molecule has 2 aromatic heterocycles. The first-order valence-corrected chi connectivity index (χ1v) is 5.27. The first-order chi connectivity index (χ1) is 8.24. The van der Waals surface area contributed by atoms with E-state index in [-0.39, 0.29) is 0 Å². The van der Waals surface area contributed by atoms with E-state index in [1.807, 2.05) is 25.1 Å². The number of ether oxygens (including phenoxy) is 1. The molecule has 0 radical (unpaired) electrons. The van der Waals surface area contributed by atoms with Gasteiger partial charge in [0, 0.05) is 18.9 Å². The molecule has 0 aromatic carbocycles. The Morgan fingerprint density at radius 3 is 2.82 bits per heavy atom. The Hall–Kier alpha value is -2.17. The summed E-state index contributed by atoms with van der Waals surface area (Å²) >= 11 is 0. The third-order valence-electron chi connectivity index (χ3n) is 2.31. The van der Waals surface area contributed by atoms with Crippen LogP contribution in [0, 0.1) is 6.92 Å². The van der Waals surface area contributed by atoms with Crippen molar-refractivity contribution in [3.8, 4) is 17.1 Å². The predicted octanol–water partition coefficient (Wildman–Crippen LogP) is 1.90. The van der Waals surface area contributed by atoms with Crippen LogP contribution in [0.1, 0.15) is 5.69 Å². The van der Waals surface area contributed by atoms with Crippen LogP contribution >= 0.6 is 0 Å². The highest BCUT2D eigenvalue weighted by Gasteiger charge is 2.10. The molecule has 0 aliphatic rings. The van der Waals surface area contributed by atoms with E-state index >= 15 is 0 Å². The van der Waals surface area contributed by atoms with Gasteiger partial charge in [0.1, 0.15) is 11.4 Å². The molecule has 0 fully saturated rings. The Morgan fingerprint density at radius 1 is 1.29 bits per heavy atom. The molecular weight excluding hydrogens is 216 g/mol. The van der Waals surface area contributed by atoms with Gasteiger partial charge in [0.2, 0.25) is 5.95 Å². The van der Waals surface area contributed by atoms with Gasteiger partial charge in [-0.05, 0) is 25.1 Å². The van der Waals surface area contributed by atoms with Gasteiger partial charge in [-0.2, -0.15) is 0 Å². The molecule has 0 unspecified atom stereocenters. The SMILES string of the molecule is CNc1nc(C)cc(-c2ncccc2OC)n1. The highest BCUT2D eigenvalue weighted by atomic mass is 16.5. The maximum absolute atomic E-state index is 5.27. The zero-order chi connectivity index (χ0) is 12.3. The standard InChI is InChI=1S/C12H14N4O/c1-8-7-9(16-12(13-2)15-8)11-10(17-3)5-4-6-14-11/h4-7H,1-3H3,(H,13,15,16). The van der Waals surface area contributed by atoms with Gasteiger partial charge in [-0.25, -0.2) is 9.97 Å². The summed E-state index contributed by atoms with van der Waals surface area (Å²) in [5, 5.41) is 2.92. The van der Waals surface area contributed by atoms with Crippen molar-refractivity contribution in [1.29, 1.82) is 0 Å². The quantitative estimate of drug-likeness (QED) is 0.872. The van der Waals surface area contributed by atoms with Crippen molar-refractivity contribution >= 4 is 5.95 Å². The maximum atomic E-state index is 5.27. The van der Waals surface area contributed by atoms with Crippen molar-refractivity contribution in [3.05, 3.63) is 30.1 Å². The molecule has 0 aliphatic heterocycles. The van der Waals surface area contributed by atoms with E-state index < -0.39 is 0 Å². The maximum Gasteiger partial charge on any atom is 0.223 e. The van der Waals surface area contributed by atoms with E-state index in [4.69, 9.17) is 4.74 Å². The number of aryl methyl sites for hydroxylation is 1. The van der Waals surface area contributed by atoms with E-state index in [1.165, 1.54) is 0 Å². The minimum atomic E-state index is 0.577. The lowest BCUT2D eigenvalue weighted by Crippen LogP contribution is -2.01. The number of hydrogen-bond acceptors (Lipinski definition) is 5. The van der Waals surface area contributed by atoms with Gasteiger partial charge in [-0.15, -0.1) is 0 Å². The fourth-order valence-corrected chi connectivity index (χ4v) is 1.55. The van der Waals surface area contributed by atoms with Crippen LogP contribution in [0.25, 0.3) is 11.4 Å². The molecule has 2 rings (SSSR count). The number of hydrogen-bond donors (Lipinski definition) is 1. The predicted molar refractivity (Wildman–Crippen MR) is 66.1 cm³/mol. The van der Waals surface area contributed by atoms with Crippen molar-refractivity contribution in [2.24, 2.45) is 0 Å². The molecule has 5 heteroatoms. The van der Waals surface area contributed by atoms with E-state index in [2.05, 4.69) is 20.3 Å². The Balaban J connectivity index is 2.55. The van der Waals surface area contributed by atoms with Crippen LogP contribution in [0.5, 0.6) is 5.75 Å². The lowest BCUT2D eigenvalue weighted by atomic mass is 10.2. The molecule has 2 aromatic rings. The monoisotopic (exact) mass is 230 g/mol. The molecule has 2 heterocycles. The van der Waals surface area contributed by atoms with Crippen LogP contribution in [0.2, 0.25) is 0 Å². The number of rotatable bonds is 3. The Bertz CT molecular complexity index is 528. The number of anilines is 1. The summed E-state index contributed by atoms with van der Waals surface area (Å²) in [4.78, 5) is 12.9. The van der Waals surface area contributed by atoms with Crippen LogP contribution in [0.4, 0.5) is 5.95 Å². The third-order valence-corrected chi connectivity index (χ3v) is 2.31. The zero-order valence-corrected chi connectivity index (χ0v) is 10.1. The van der Waals surface area contributed by atoms with E-state index in [0.717, 1.165) is 17.1 Å². The summed E-state index contributed by atoms with van der Waals surface area (Å²) in [6, 6.07) is 5.57. The summed E-state index contributed by atoms with van der Waals surface area (Å²) in [6.45, 7) is 1.92. The molecule has 0 aliphatic carbocycles. The number of aromatic nitrogens is 3. The van der Waals surface area contributed by atoms with Crippen LogP contribution in [-0.2, 0) is 0 Å². The average Bonchev–Trinajstić information content (AvgIpc) is 2.37. The largest absolute Gasteiger partial charge is 0.494 e. The van der Waals surface area contributed by atoms with Gasteiger partial charge in [-0.1, -0.05) is 0 Å². The summed E-state index contributed by atoms with van der Waals surface area (Å²) in [6.07, 6.45) is 1.72. The molecule has 0 amide bonds. The minimum absolute atomic E-state index is 0.577. The van der Waals surface area contributed by atoms with E-state index in [1.54, 1.807) is 20.4 Å². The van der Waals surface area contributed by atoms with Crippen LogP contribution < -0.4 is 10.1 Å². The zero-order valence-electron chi connectivity index (χ0n) is 10.1. The van der Waals surface area contributed by atoms with Crippen LogP contribution in [-0.4, -0.2) is 29.1 Å². The third kappa shape index (κ3) is 2.33. The topological polar surface area (TPSA) is 59.9 Å². The highest BCUT2D eigenvalue weighted by molar-refractivity contribution is 5.63. The molecule has 0 spiro atoms. The Labute approximate surface area is 99.9 Å². The number of pyridine rings is 1. The van der Waals surface area contributed by atoms with Crippen molar-refractivity contribution in [2.45, 2.75) is 6.92 Å². The Morgan fingerprint density at radius 2 is 2.12 bits per heavy atom. The molecule has 5 nitrogen and oxygen atoms in total. The fourth-order valence-electron chi connectivity index (χ4n) is 1.55. The summed E-state index contributed by atoms with van der Waals surface area (Å²) in [5.41, 5.74) is 2.35. The molecule has 0 saturated carbocycles. The van der Waals surface area contributed by atoms with Gasteiger partial charge in [-0.3, -0.25) is 4.98 Å². The minimum Gasteiger partial charge on any atom is -0.494 e. The molecule has 0 atom stereocenters. The fraction of sp³-hybridized carbons (Fsp3) is 0.250. The summed E-state index contributed by atoms with van der Waals surface area (Å²) in [5.74, 6) is 1.28. The van der Waals surface area contributed by atoms with Gasteiger partial charge in [0.25, 0.3) is 0 Å². The van der Waals surface area contributed by atoms with Crippen molar-refractivity contribution < 1.29 is 4.74 Å². The van der Waals surface area contributed by atoms with E-state index in [9.17, 15) is 0 Å². The molecule has 88 valence electrons. The lowest BCUT2D eigenvalue weighted by molar-refractivity contribution is 0.414. The number of nitrogens with one attached hydrogen (secondary N) is 1. The molecule has 17 heavy (non-hydrogen) atoms. The Kier molecular flexibility index (Phi) is 3.18. The second-order valence-corrected chi connectivity index (χ2v) is 3.52. The van der Waals surface area contributed by atoms with Crippen LogP contribution in [0.3, 0.4) is 0 Å². The first-order valence-electron chi connectivity index (χ1n) is 5.27. The molecular formula is C12H14N4O. The van der Waals surface area contributed by atoms with Crippen molar-refractivity contribution in [1.82, 2.24) is 15.0 Å². The van der Waals surface area contributed by atoms with Gasteiger partial charge < -0.3 is 10.1 Å². The van der Waals surface area contributed by atoms with Crippen LogP contribution in [0.15, 0.2) is 24.4 Å². The number of methoxy groups -OCH3 is 1. The normalized spacial score (nSPS) is 10.1. The molecule has 1 N–H and O–H groups in total. The molecule has 0 bridgehead atoms. The van der Waals surface area contributed by atoms with Gasteiger partial charge in [0.15, 0.2) is 0 Å². The summed E-state index contributed by atoms with van der Waals surface area (Å²) in [7, 11) is 3.40. The number of nitrogens with zero attached hydrogens (tertiary/aromatic N) is 3. The summed E-state index contributed by atoms with van der Waals surface area (Å²) < 4.78 is 5.27. The van der Waals surface area contributed by atoms with Gasteiger partial charge >= 0.3 is 0 Å². The van der Waals surface area contributed by atoms with Gasteiger partial charge in [0.05, 0.1) is 12.8 Å². The molecule has 0 saturated heterocycles. The lowest BCUT2D eigenvalue weighted by Gasteiger charge is -2.08. The average molecular weight is 230 g/mol. The smallest absolute Gasteiger partial charge is 0.223 e.